The highest BCUT2D eigenvalue weighted by atomic mass is 31.2. The molecule has 2 atom stereocenters. The van der Waals surface area contributed by atoms with Crippen molar-refractivity contribution in [1.82, 2.24) is 0 Å². The van der Waals surface area contributed by atoms with Gasteiger partial charge in [-0.15, -0.1) is 0 Å². The Labute approximate surface area is 203 Å². The molecule has 27 heteroatoms. The van der Waals surface area contributed by atoms with Gasteiger partial charge in [0.15, 0.2) is 0 Å². The van der Waals surface area contributed by atoms with E-state index < -0.39 is 88.9 Å². The lowest BCUT2D eigenvalue weighted by atomic mass is 10.2. The van der Waals surface area contributed by atoms with Gasteiger partial charge in [-0.3, -0.25) is 0 Å². The van der Waals surface area contributed by atoms with Gasteiger partial charge in [-0.05, 0) is 0 Å². The molecule has 0 heterocycles. The van der Waals surface area contributed by atoms with E-state index in [4.69, 9.17) is 9.79 Å². The molecular weight excluding hydrogens is 654 g/mol. The van der Waals surface area contributed by atoms with Crippen LogP contribution in [0.15, 0.2) is 0 Å². The minimum atomic E-state index is -7.55. The number of alkyl halides is 16. The maximum atomic E-state index is 13.4. The van der Waals surface area contributed by atoms with E-state index >= 15 is 0 Å². The average molecular weight is 664 g/mol. The lowest BCUT2D eigenvalue weighted by Crippen LogP contribution is -2.54. The van der Waals surface area contributed by atoms with Crippen LogP contribution in [0, 0.1) is 0 Å². The van der Waals surface area contributed by atoms with Crippen molar-refractivity contribution in [2.45, 2.75) is 60.4 Å². The number of rotatable bonds is 16. The minimum absolute atomic E-state index is 1.85. The van der Waals surface area contributed by atoms with Crippen LogP contribution in [0.4, 0.5) is 70.2 Å². The quantitative estimate of drug-likeness (QED) is 0.143. The van der Waals surface area contributed by atoms with Gasteiger partial charge in [0.05, 0.1) is 13.2 Å². The van der Waals surface area contributed by atoms with Crippen LogP contribution in [0.3, 0.4) is 0 Å². The third kappa shape index (κ3) is 8.09. The molecule has 0 rings (SSSR count). The monoisotopic (exact) mass is 664 g/mol. The molecular formula is C12H10F16O9P2-2. The normalized spacial score (nSPS) is 18.6. The molecule has 0 amide bonds. The number of hydrogen-bond acceptors (Lipinski definition) is 7. The van der Waals surface area contributed by atoms with Crippen molar-refractivity contribution in [2.75, 3.05) is 13.2 Å². The highest BCUT2D eigenvalue weighted by Gasteiger charge is 2.73. The van der Waals surface area contributed by atoms with Gasteiger partial charge in [0.2, 0.25) is 15.2 Å². The summed E-state index contributed by atoms with van der Waals surface area (Å²) in [6.45, 7) is -4.12. The fourth-order valence-corrected chi connectivity index (χ4v) is 2.47. The summed E-state index contributed by atoms with van der Waals surface area (Å²) in [6, 6.07) is 0. The number of ether oxygens (including phenoxy) is 3. The summed E-state index contributed by atoms with van der Waals surface area (Å²) in [5, 5.41) is 0. The maximum Gasteiger partial charge on any atom is 0.432 e. The lowest BCUT2D eigenvalue weighted by molar-refractivity contribution is -0.461. The van der Waals surface area contributed by atoms with Crippen molar-refractivity contribution >= 4 is 15.2 Å². The Hall–Kier alpha value is -0.940. The molecule has 0 aromatic heterocycles. The summed E-state index contributed by atoms with van der Waals surface area (Å²) in [4.78, 5) is 36.2. The Kier molecular flexibility index (Phi) is 10.8. The Bertz CT molecular complexity index is 873. The van der Waals surface area contributed by atoms with Gasteiger partial charge in [-0.2, -0.15) is 70.2 Å². The van der Waals surface area contributed by atoms with Crippen LogP contribution in [0.1, 0.15) is 12.8 Å². The van der Waals surface area contributed by atoms with Crippen molar-refractivity contribution in [3.63, 3.8) is 0 Å². The van der Waals surface area contributed by atoms with Gasteiger partial charge in [0, 0.05) is 12.8 Å². The molecule has 2 unspecified atom stereocenters. The second-order valence-corrected chi connectivity index (χ2v) is 10.1. The van der Waals surface area contributed by atoms with Crippen LogP contribution in [-0.4, -0.2) is 70.6 Å². The van der Waals surface area contributed by atoms with E-state index in [-0.39, 0.29) is 0 Å². The van der Waals surface area contributed by atoms with E-state index in [0.29, 0.717) is 0 Å². The molecule has 0 aliphatic heterocycles. The first kappa shape index (κ1) is 38.1. The Morgan fingerprint density at radius 1 is 0.513 bits per heavy atom. The zero-order valence-corrected chi connectivity index (χ0v) is 19.3. The zero-order chi connectivity index (χ0) is 31.9. The largest absolute Gasteiger partial charge is 0.774 e. The summed E-state index contributed by atoms with van der Waals surface area (Å²) in [7, 11) is -15.1. The molecule has 0 bridgehead atoms. The van der Waals surface area contributed by atoms with Crippen LogP contribution >= 0.6 is 15.2 Å². The summed E-state index contributed by atoms with van der Waals surface area (Å²) >= 11 is 0. The average Bonchev–Trinajstić information content (AvgIpc) is 2.63. The highest BCUT2D eigenvalue weighted by molar-refractivity contribution is 7.52. The summed E-state index contributed by atoms with van der Waals surface area (Å²) in [5.41, 5.74) is -13.8. The zero-order valence-electron chi connectivity index (χ0n) is 17.5. The maximum absolute atomic E-state index is 13.4. The smallest absolute Gasteiger partial charge is 0.432 e. The molecule has 0 spiro atoms. The second kappa shape index (κ2) is 11.0. The predicted octanol–water partition coefficient (Wildman–Crippen LogP) is 3.74. The number of hydrogen-bond donors (Lipinski definition) is 2. The van der Waals surface area contributed by atoms with Crippen LogP contribution in [0.5, 0.6) is 0 Å². The van der Waals surface area contributed by atoms with Gasteiger partial charge >= 0.3 is 47.6 Å². The Morgan fingerprint density at radius 3 is 0.949 bits per heavy atom. The van der Waals surface area contributed by atoms with Gasteiger partial charge in [0.1, 0.15) is 0 Å². The minimum Gasteiger partial charge on any atom is -0.774 e. The third-order valence-corrected chi connectivity index (χ3v) is 5.84. The van der Waals surface area contributed by atoms with E-state index in [1.807, 2.05) is 9.47 Å². The SMILES string of the molecule is O=P([O-])(O)C(F)(F)C(F)(F)OC(F)(F)C(F)(F)CCOCCC(F)(F)C(F)(F)OC(F)(F)C(F)(F)P(=O)([O-])O. The molecule has 0 aromatic rings. The van der Waals surface area contributed by atoms with Gasteiger partial charge in [-0.1, -0.05) is 0 Å². The van der Waals surface area contributed by atoms with E-state index in [1.165, 1.54) is 0 Å². The molecule has 236 valence electrons. The van der Waals surface area contributed by atoms with Crippen molar-refractivity contribution in [3.05, 3.63) is 0 Å². The van der Waals surface area contributed by atoms with Crippen molar-refractivity contribution in [2.24, 2.45) is 0 Å². The molecule has 9 nitrogen and oxygen atoms in total. The first-order chi connectivity index (χ1) is 16.6. The van der Waals surface area contributed by atoms with Crippen LogP contribution in [0.25, 0.3) is 0 Å². The third-order valence-electron chi connectivity index (χ3n) is 3.90. The molecule has 0 aliphatic carbocycles. The van der Waals surface area contributed by atoms with Gasteiger partial charge in [-0.25, -0.2) is 9.47 Å². The van der Waals surface area contributed by atoms with E-state index in [1.54, 1.807) is 0 Å². The van der Waals surface area contributed by atoms with Crippen LogP contribution in [-0.2, 0) is 23.3 Å². The topological polar surface area (TPSA) is 148 Å². The molecule has 0 fully saturated rings. The molecule has 0 saturated heterocycles. The van der Waals surface area contributed by atoms with Gasteiger partial charge in [0.25, 0.3) is 0 Å². The van der Waals surface area contributed by atoms with Crippen LogP contribution < -0.4 is 9.79 Å². The molecule has 39 heavy (non-hydrogen) atoms. The highest BCUT2D eigenvalue weighted by Crippen LogP contribution is 2.60. The number of halogens is 16. The van der Waals surface area contributed by atoms with E-state index in [9.17, 15) is 89.2 Å². The fourth-order valence-electron chi connectivity index (χ4n) is 1.72. The lowest BCUT2D eigenvalue weighted by Gasteiger charge is -2.36. The van der Waals surface area contributed by atoms with Gasteiger partial charge < -0.3 is 33.4 Å². The molecule has 0 radical (unpaired) electrons. The van der Waals surface area contributed by atoms with Crippen molar-refractivity contribution < 1.29 is 113 Å². The molecule has 0 aromatic carbocycles. The fraction of sp³-hybridized carbons (Fsp3) is 1.00. The first-order valence-corrected chi connectivity index (χ1v) is 11.9. The molecule has 0 saturated carbocycles. The Morgan fingerprint density at radius 2 is 0.744 bits per heavy atom. The first-order valence-electron chi connectivity index (χ1n) is 8.70. The molecule has 2 N–H and O–H groups in total. The second-order valence-electron chi connectivity index (χ2n) is 6.92. The molecule has 0 aliphatic rings. The predicted molar refractivity (Wildman–Crippen MR) is 81.4 cm³/mol. The summed E-state index contributed by atoms with van der Waals surface area (Å²) in [6.07, 6.45) is -32.8. The standard InChI is InChI=1S/C12H12F16O9P2/c13-5(14,7(17,18)36-9(21,22)11(25,26)38(29,30)31)1-3-35-4-2-6(15,16)8(19,20)37-10(23,24)12(27,28)39(32,33)34/h1-4H2,(H2,29,30,31)(H2,32,33,34)/p-2. The van der Waals surface area contributed by atoms with Crippen molar-refractivity contribution in [1.29, 1.82) is 0 Å². The van der Waals surface area contributed by atoms with E-state index in [2.05, 4.69) is 4.74 Å². The van der Waals surface area contributed by atoms with Crippen LogP contribution in [0.2, 0.25) is 0 Å². The summed E-state index contributed by atoms with van der Waals surface area (Å²) < 4.78 is 238. The van der Waals surface area contributed by atoms with Crippen molar-refractivity contribution in [3.8, 4) is 0 Å². The van der Waals surface area contributed by atoms with E-state index in [0.717, 1.165) is 0 Å². The Balaban J connectivity index is 5.28. The summed E-state index contributed by atoms with van der Waals surface area (Å²) in [5.74, 6) is -12.1.